The molecule has 0 radical (unpaired) electrons. The Morgan fingerprint density at radius 3 is 2.67 bits per heavy atom. The SMILES string of the molecule is Cc1cccnc1C(=O)Nc1ccc(O)c(-c2nccc3ccccc23)c1. The largest absolute Gasteiger partial charge is 0.507 e. The smallest absolute Gasteiger partial charge is 0.274 e. The maximum Gasteiger partial charge on any atom is 0.274 e. The first kappa shape index (κ1) is 16.7. The standard InChI is InChI=1S/C22H17N3O2/c1-14-5-4-11-23-20(14)22(27)25-16-8-9-19(26)18(13-16)21-17-7-3-2-6-15(17)10-12-24-21/h2-13,26H,1H3,(H,25,27). The second kappa shape index (κ2) is 6.88. The predicted molar refractivity (Wildman–Crippen MR) is 106 cm³/mol. The van der Waals surface area contributed by atoms with Crippen LogP contribution in [0.1, 0.15) is 16.1 Å². The van der Waals surface area contributed by atoms with Crippen LogP contribution in [0.15, 0.2) is 73.1 Å². The minimum absolute atomic E-state index is 0.103. The van der Waals surface area contributed by atoms with E-state index in [1.165, 1.54) is 0 Å². The van der Waals surface area contributed by atoms with Gasteiger partial charge in [0.25, 0.3) is 5.91 Å². The van der Waals surface area contributed by atoms with Crippen LogP contribution in [-0.2, 0) is 0 Å². The summed E-state index contributed by atoms with van der Waals surface area (Å²) in [6.45, 7) is 1.84. The lowest BCUT2D eigenvalue weighted by molar-refractivity contribution is 0.102. The number of anilines is 1. The molecule has 0 unspecified atom stereocenters. The van der Waals surface area contributed by atoms with Crippen LogP contribution in [0, 0.1) is 6.92 Å². The van der Waals surface area contributed by atoms with Gasteiger partial charge in [-0.2, -0.15) is 0 Å². The number of phenols is 1. The van der Waals surface area contributed by atoms with Crippen LogP contribution in [0.5, 0.6) is 5.75 Å². The van der Waals surface area contributed by atoms with Crippen molar-refractivity contribution in [1.29, 1.82) is 0 Å². The van der Waals surface area contributed by atoms with Gasteiger partial charge < -0.3 is 10.4 Å². The van der Waals surface area contributed by atoms with Gasteiger partial charge in [0.1, 0.15) is 11.4 Å². The summed E-state index contributed by atoms with van der Waals surface area (Å²) < 4.78 is 0. The first-order chi connectivity index (χ1) is 13.1. The second-order valence-electron chi connectivity index (χ2n) is 6.24. The van der Waals surface area contributed by atoms with E-state index in [1.807, 2.05) is 43.3 Å². The molecule has 0 aliphatic heterocycles. The Bertz CT molecular complexity index is 1150. The van der Waals surface area contributed by atoms with Crippen molar-refractivity contribution < 1.29 is 9.90 Å². The molecule has 0 saturated heterocycles. The Hall–Kier alpha value is -3.73. The van der Waals surface area contributed by atoms with E-state index in [2.05, 4.69) is 15.3 Å². The van der Waals surface area contributed by atoms with E-state index in [-0.39, 0.29) is 11.7 Å². The number of carbonyl (C=O) groups is 1. The highest BCUT2D eigenvalue weighted by Gasteiger charge is 2.14. The third-order valence-corrected chi connectivity index (χ3v) is 4.41. The van der Waals surface area contributed by atoms with E-state index in [0.29, 0.717) is 22.6 Å². The number of phenolic OH excluding ortho intramolecular Hbond substituents is 1. The molecule has 2 aromatic carbocycles. The van der Waals surface area contributed by atoms with Gasteiger partial charge >= 0.3 is 0 Å². The van der Waals surface area contributed by atoms with Crippen molar-refractivity contribution in [2.75, 3.05) is 5.32 Å². The summed E-state index contributed by atoms with van der Waals surface area (Å²) in [5.74, 6) is -0.193. The predicted octanol–water partition coefficient (Wildman–Crippen LogP) is 4.56. The molecule has 4 aromatic rings. The van der Waals surface area contributed by atoms with Crippen molar-refractivity contribution in [3.05, 3.63) is 84.3 Å². The molecule has 0 aliphatic carbocycles. The lowest BCUT2D eigenvalue weighted by Gasteiger charge is -2.11. The Labute approximate surface area is 156 Å². The Balaban J connectivity index is 1.74. The highest BCUT2D eigenvalue weighted by atomic mass is 16.3. The number of aromatic nitrogens is 2. The molecule has 0 fully saturated rings. The molecular formula is C22H17N3O2. The Morgan fingerprint density at radius 2 is 1.81 bits per heavy atom. The first-order valence-corrected chi connectivity index (χ1v) is 8.53. The molecule has 2 heterocycles. The van der Waals surface area contributed by atoms with E-state index in [9.17, 15) is 9.90 Å². The van der Waals surface area contributed by atoms with E-state index >= 15 is 0 Å². The second-order valence-corrected chi connectivity index (χ2v) is 6.24. The molecule has 0 aliphatic rings. The minimum atomic E-state index is -0.296. The molecule has 0 saturated carbocycles. The van der Waals surface area contributed by atoms with Gasteiger partial charge in [-0.15, -0.1) is 0 Å². The molecule has 0 bridgehead atoms. The number of aromatic hydroxyl groups is 1. The number of pyridine rings is 2. The topological polar surface area (TPSA) is 75.1 Å². The Morgan fingerprint density at radius 1 is 0.963 bits per heavy atom. The number of aryl methyl sites for hydroxylation is 1. The molecule has 27 heavy (non-hydrogen) atoms. The molecule has 5 nitrogen and oxygen atoms in total. The summed E-state index contributed by atoms with van der Waals surface area (Å²) in [5, 5.41) is 15.2. The zero-order valence-electron chi connectivity index (χ0n) is 14.7. The van der Waals surface area contributed by atoms with E-state index in [1.54, 1.807) is 36.7 Å². The highest BCUT2D eigenvalue weighted by molar-refractivity contribution is 6.04. The fourth-order valence-corrected chi connectivity index (χ4v) is 3.05. The molecule has 5 heteroatoms. The van der Waals surface area contributed by atoms with Gasteiger partial charge in [-0.3, -0.25) is 14.8 Å². The van der Waals surface area contributed by atoms with Crippen LogP contribution in [0.4, 0.5) is 5.69 Å². The summed E-state index contributed by atoms with van der Waals surface area (Å²) >= 11 is 0. The van der Waals surface area contributed by atoms with Crippen molar-refractivity contribution >= 4 is 22.4 Å². The van der Waals surface area contributed by atoms with E-state index in [0.717, 1.165) is 16.3 Å². The minimum Gasteiger partial charge on any atom is -0.507 e. The van der Waals surface area contributed by atoms with Gasteiger partial charge in [0.05, 0.1) is 5.69 Å². The van der Waals surface area contributed by atoms with Gasteiger partial charge in [0.15, 0.2) is 0 Å². The van der Waals surface area contributed by atoms with Crippen LogP contribution in [-0.4, -0.2) is 21.0 Å². The van der Waals surface area contributed by atoms with Gasteiger partial charge in [0, 0.05) is 29.0 Å². The average molecular weight is 355 g/mol. The van der Waals surface area contributed by atoms with Crippen molar-refractivity contribution in [2.24, 2.45) is 0 Å². The highest BCUT2D eigenvalue weighted by Crippen LogP contribution is 2.34. The van der Waals surface area contributed by atoms with Crippen molar-refractivity contribution in [3.8, 4) is 17.0 Å². The van der Waals surface area contributed by atoms with Crippen LogP contribution in [0.3, 0.4) is 0 Å². The van der Waals surface area contributed by atoms with Crippen LogP contribution in [0.25, 0.3) is 22.0 Å². The van der Waals surface area contributed by atoms with Crippen LogP contribution >= 0.6 is 0 Å². The number of hydrogen-bond acceptors (Lipinski definition) is 4. The van der Waals surface area contributed by atoms with Gasteiger partial charge in [-0.05, 0) is 48.2 Å². The maximum absolute atomic E-state index is 12.5. The molecular weight excluding hydrogens is 338 g/mol. The summed E-state index contributed by atoms with van der Waals surface area (Å²) in [6, 6.07) is 18.3. The number of carbonyl (C=O) groups excluding carboxylic acids is 1. The zero-order valence-corrected chi connectivity index (χ0v) is 14.7. The van der Waals surface area contributed by atoms with E-state index in [4.69, 9.17) is 0 Å². The molecule has 2 N–H and O–H groups in total. The molecule has 0 atom stereocenters. The molecule has 0 spiro atoms. The number of benzene rings is 2. The van der Waals surface area contributed by atoms with Gasteiger partial charge in [-0.1, -0.05) is 30.3 Å². The number of fused-ring (bicyclic) bond motifs is 1. The fraction of sp³-hybridized carbons (Fsp3) is 0.0455. The van der Waals surface area contributed by atoms with Crippen molar-refractivity contribution in [2.45, 2.75) is 6.92 Å². The summed E-state index contributed by atoms with van der Waals surface area (Å²) in [4.78, 5) is 21.1. The van der Waals surface area contributed by atoms with Crippen molar-refractivity contribution in [3.63, 3.8) is 0 Å². The van der Waals surface area contributed by atoms with Gasteiger partial charge in [0.2, 0.25) is 0 Å². The fourth-order valence-electron chi connectivity index (χ4n) is 3.05. The summed E-state index contributed by atoms with van der Waals surface area (Å²) in [7, 11) is 0. The van der Waals surface area contributed by atoms with Crippen LogP contribution in [0.2, 0.25) is 0 Å². The molecule has 4 rings (SSSR count). The van der Waals surface area contributed by atoms with Crippen molar-refractivity contribution in [1.82, 2.24) is 9.97 Å². The lowest BCUT2D eigenvalue weighted by atomic mass is 10.0. The quantitative estimate of drug-likeness (QED) is 0.528. The summed E-state index contributed by atoms with van der Waals surface area (Å²) in [5.41, 5.74) is 2.95. The number of nitrogens with one attached hydrogen (secondary N) is 1. The van der Waals surface area contributed by atoms with E-state index < -0.39 is 0 Å². The molecule has 2 aromatic heterocycles. The average Bonchev–Trinajstić information content (AvgIpc) is 2.69. The monoisotopic (exact) mass is 355 g/mol. The van der Waals surface area contributed by atoms with Gasteiger partial charge in [-0.25, -0.2) is 0 Å². The third-order valence-electron chi connectivity index (χ3n) is 4.41. The lowest BCUT2D eigenvalue weighted by Crippen LogP contribution is -2.15. The molecule has 132 valence electrons. The summed E-state index contributed by atoms with van der Waals surface area (Å²) in [6.07, 6.45) is 3.30. The number of rotatable bonds is 3. The number of amides is 1. The number of hydrogen-bond donors (Lipinski definition) is 2. The third kappa shape index (κ3) is 3.22. The first-order valence-electron chi connectivity index (χ1n) is 8.53. The zero-order chi connectivity index (χ0) is 18.8. The maximum atomic E-state index is 12.5. The normalized spacial score (nSPS) is 10.7. The molecule has 1 amide bonds. The van der Waals surface area contributed by atoms with Crippen LogP contribution < -0.4 is 5.32 Å². The Kier molecular flexibility index (Phi) is 4.26. The number of nitrogens with zero attached hydrogens (tertiary/aromatic N) is 2.